The van der Waals surface area contributed by atoms with Crippen LogP contribution in [0.3, 0.4) is 0 Å². The summed E-state index contributed by atoms with van der Waals surface area (Å²) in [4.78, 5) is 37.2. The van der Waals surface area contributed by atoms with Gasteiger partial charge in [-0.3, -0.25) is 17.9 Å². The Bertz CT molecular complexity index is 661. The predicted molar refractivity (Wildman–Crippen MR) is 152 cm³/mol. The van der Waals surface area contributed by atoms with Crippen LogP contribution in [0.5, 0.6) is 0 Å². The van der Waals surface area contributed by atoms with Crippen molar-refractivity contribution in [1.82, 2.24) is 24.8 Å². The van der Waals surface area contributed by atoms with Gasteiger partial charge in [-0.1, -0.05) is 40.7 Å². The fourth-order valence-electron chi connectivity index (χ4n) is 4.02. The van der Waals surface area contributed by atoms with Gasteiger partial charge in [0.1, 0.15) is 6.04 Å². The van der Waals surface area contributed by atoms with Gasteiger partial charge in [-0.25, -0.2) is 0 Å². The molecule has 0 spiro atoms. The van der Waals surface area contributed by atoms with E-state index < -0.39 is 6.04 Å². The lowest BCUT2D eigenvalue weighted by Gasteiger charge is -2.37. The molecule has 1 atom stereocenters. The number of ether oxygens (including phenoxy) is 2. The monoisotopic (exact) mass is 625 g/mol. The molecule has 0 saturated heterocycles. The Labute approximate surface area is 231 Å². The zero-order valence-corrected chi connectivity index (χ0v) is 24.9. The lowest BCUT2D eigenvalue weighted by molar-refractivity contribution is -0.129. The number of hydrogen-bond acceptors (Lipinski definition) is 7. The van der Waals surface area contributed by atoms with Crippen LogP contribution in [-0.4, -0.2) is 82.9 Å². The molecule has 11 heteroatoms. The van der Waals surface area contributed by atoms with Gasteiger partial charge in [0, 0.05) is 48.9 Å². The fourth-order valence-corrected chi connectivity index (χ4v) is 4.24. The van der Waals surface area contributed by atoms with Crippen molar-refractivity contribution >= 4 is 40.6 Å². The molecule has 210 valence electrons. The van der Waals surface area contributed by atoms with Crippen molar-refractivity contribution in [1.29, 1.82) is 0 Å². The number of nitrogens with one attached hydrogen (secondary N) is 5. The van der Waals surface area contributed by atoms with Crippen molar-refractivity contribution in [3.05, 3.63) is 12.7 Å². The molecule has 0 aromatic carbocycles. The van der Waals surface area contributed by atoms with Crippen LogP contribution in [0.25, 0.3) is 0 Å². The highest BCUT2D eigenvalue weighted by atomic mass is 127. The van der Waals surface area contributed by atoms with E-state index in [0.29, 0.717) is 52.5 Å². The second-order valence-electron chi connectivity index (χ2n) is 10.3. The van der Waals surface area contributed by atoms with Crippen LogP contribution >= 0.6 is 22.9 Å². The van der Waals surface area contributed by atoms with E-state index in [0.717, 1.165) is 19.5 Å². The van der Waals surface area contributed by atoms with Gasteiger partial charge in [0.15, 0.2) is 0 Å². The van der Waals surface area contributed by atoms with Crippen molar-refractivity contribution in [2.45, 2.75) is 59.9 Å². The van der Waals surface area contributed by atoms with Gasteiger partial charge in [0.2, 0.25) is 17.7 Å². The van der Waals surface area contributed by atoms with Crippen molar-refractivity contribution in [2.24, 2.45) is 10.8 Å². The highest BCUT2D eigenvalue weighted by Gasteiger charge is 2.34. The topological polar surface area (TPSA) is 130 Å². The van der Waals surface area contributed by atoms with E-state index >= 15 is 0 Å². The fraction of sp³-hybridized carbons (Fsp3) is 0.800. The Hall–Kier alpha value is -1.28. The molecule has 5 N–H and O–H groups in total. The molecule has 0 bridgehead atoms. The first-order valence-corrected chi connectivity index (χ1v) is 13.7. The second kappa shape index (κ2) is 19.8. The van der Waals surface area contributed by atoms with Crippen molar-refractivity contribution in [3.8, 4) is 0 Å². The Morgan fingerprint density at radius 1 is 0.944 bits per heavy atom. The quantitative estimate of drug-likeness (QED) is 0.0536. The summed E-state index contributed by atoms with van der Waals surface area (Å²) in [6, 6.07) is -0.685. The molecule has 1 unspecified atom stereocenters. The maximum Gasteiger partial charge on any atom is 0.242 e. The Kier molecular flexibility index (Phi) is 19.1. The van der Waals surface area contributed by atoms with E-state index in [4.69, 9.17) is 9.47 Å². The summed E-state index contributed by atoms with van der Waals surface area (Å²) in [5.74, 6) is -0.529. The third kappa shape index (κ3) is 18.9. The third-order valence-corrected chi connectivity index (χ3v) is 5.79. The second-order valence-corrected chi connectivity index (χ2v) is 11.0. The van der Waals surface area contributed by atoms with Gasteiger partial charge in [0.05, 0.1) is 33.0 Å². The smallest absolute Gasteiger partial charge is 0.242 e. The zero-order valence-electron chi connectivity index (χ0n) is 22.8. The number of halogens is 1. The van der Waals surface area contributed by atoms with Crippen LogP contribution in [0.15, 0.2) is 12.7 Å². The summed E-state index contributed by atoms with van der Waals surface area (Å²) in [5.41, 5.74) is -0.472. The molecule has 3 amide bonds. The molecule has 0 rings (SSSR count). The molecule has 10 nitrogen and oxygen atoms in total. The van der Waals surface area contributed by atoms with Gasteiger partial charge in [-0.15, -0.1) is 6.58 Å². The summed E-state index contributed by atoms with van der Waals surface area (Å²) in [6.07, 6.45) is 2.86. The van der Waals surface area contributed by atoms with Crippen molar-refractivity contribution in [2.75, 3.05) is 59.2 Å². The van der Waals surface area contributed by atoms with E-state index in [1.54, 1.807) is 0 Å². The van der Waals surface area contributed by atoms with Crippen molar-refractivity contribution < 1.29 is 23.9 Å². The SMILES string of the molecule is C=CCC(=O)NC(CC(C)(C)CC(C)(C)CNC(=O)CNCC)C(=O)NCCOCCOCCNI. The minimum absolute atomic E-state index is 0.0388. The van der Waals surface area contributed by atoms with Gasteiger partial charge in [0.25, 0.3) is 0 Å². The Morgan fingerprint density at radius 3 is 2.17 bits per heavy atom. The van der Waals surface area contributed by atoms with Crippen LogP contribution in [0, 0.1) is 10.8 Å². The zero-order chi connectivity index (χ0) is 27.5. The third-order valence-electron chi connectivity index (χ3n) is 5.25. The minimum Gasteiger partial charge on any atom is -0.378 e. The molecule has 0 radical (unpaired) electrons. The molecule has 0 saturated carbocycles. The predicted octanol–water partition coefficient (Wildman–Crippen LogP) is 1.69. The van der Waals surface area contributed by atoms with Crippen LogP contribution < -0.4 is 24.8 Å². The molecule has 36 heavy (non-hydrogen) atoms. The lowest BCUT2D eigenvalue weighted by atomic mass is 9.72. The Morgan fingerprint density at radius 2 is 1.58 bits per heavy atom. The maximum absolute atomic E-state index is 12.9. The van der Waals surface area contributed by atoms with Gasteiger partial charge < -0.3 is 30.7 Å². The van der Waals surface area contributed by atoms with Crippen LogP contribution in [0.2, 0.25) is 0 Å². The van der Waals surface area contributed by atoms with Crippen LogP contribution in [-0.2, 0) is 23.9 Å². The van der Waals surface area contributed by atoms with Gasteiger partial charge in [-0.2, -0.15) is 0 Å². The number of hydrogen-bond donors (Lipinski definition) is 5. The standard InChI is InChI=1S/C25H48IN5O5/c1-7-9-21(32)31-20(23(34)28-10-12-35-14-15-36-13-11-30-26)16-24(3,4)18-25(5,6)19-29-22(33)17-27-8-2/h7,20,27,30H,1,8-19H2,2-6H3,(H,28,34)(H,29,33)(H,31,32). The lowest BCUT2D eigenvalue weighted by Crippen LogP contribution is -2.50. The molecule has 0 heterocycles. The first kappa shape index (κ1) is 34.7. The van der Waals surface area contributed by atoms with Gasteiger partial charge >= 0.3 is 0 Å². The Balaban J connectivity index is 4.81. The van der Waals surface area contributed by atoms with Crippen LogP contribution in [0.4, 0.5) is 0 Å². The largest absolute Gasteiger partial charge is 0.378 e. The molecule has 0 aliphatic carbocycles. The first-order chi connectivity index (χ1) is 17.0. The molecule has 0 aliphatic rings. The minimum atomic E-state index is -0.685. The highest BCUT2D eigenvalue weighted by Crippen LogP contribution is 2.36. The molecular weight excluding hydrogens is 577 g/mol. The number of rotatable bonds is 22. The molecule has 0 aromatic rings. The summed E-state index contributed by atoms with van der Waals surface area (Å²) in [6.45, 7) is 18.5. The molecule has 0 fully saturated rings. The van der Waals surface area contributed by atoms with E-state index in [9.17, 15) is 14.4 Å². The number of carbonyl (C=O) groups is 3. The average Bonchev–Trinajstić information content (AvgIpc) is 2.79. The highest BCUT2D eigenvalue weighted by molar-refractivity contribution is 14.1. The average molecular weight is 626 g/mol. The summed E-state index contributed by atoms with van der Waals surface area (Å²) < 4.78 is 13.9. The maximum atomic E-state index is 12.9. The van der Waals surface area contributed by atoms with E-state index in [1.165, 1.54) is 6.08 Å². The first-order valence-electron chi connectivity index (χ1n) is 12.6. The number of carbonyl (C=O) groups excluding carboxylic acids is 3. The number of amides is 3. The van der Waals surface area contributed by atoms with Gasteiger partial charge in [-0.05, 0) is 30.2 Å². The summed E-state index contributed by atoms with van der Waals surface area (Å²) in [5, 5.41) is 11.7. The molecule has 0 aromatic heterocycles. The molecule has 0 aliphatic heterocycles. The molecular formula is C25H48IN5O5. The number of likely N-dealkylation sites (N-methyl/N-ethyl adjacent to an activating group) is 1. The van der Waals surface area contributed by atoms with Crippen molar-refractivity contribution in [3.63, 3.8) is 0 Å². The van der Waals surface area contributed by atoms with Crippen LogP contribution in [0.1, 0.15) is 53.9 Å². The summed E-state index contributed by atoms with van der Waals surface area (Å²) >= 11 is 2.06. The van der Waals surface area contributed by atoms with E-state index in [2.05, 4.69) is 81.9 Å². The van der Waals surface area contributed by atoms with E-state index in [1.807, 2.05) is 6.92 Å². The summed E-state index contributed by atoms with van der Waals surface area (Å²) in [7, 11) is 0. The normalized spacial score (nSPS) is 12.6. The van der Waals surface area contributed by atoms with E-state index in [-0.39, 0.29) is 35.0 Å².